The summed E-state index contributed by atoms with van der Waals surface area (Å²) in [7, 11) is 0. The Balaban J connectivity index is 3.30. The molecule has 0 aliphatic carbocycles. The van der Waals surface area contributed by atoms with Crippen molar-refractivity contribution in [1.29, 1.82) is 0 Å². The summed E-state index contributed by atoms with van der Waals surface area (Å²) in [4.78, 5) is 11.2. The van der Waals surface area contributed by atoms with Gasteiger partial charge < -0.3 is 10.6 Å². The molecule has 0 aliphatic rings. The number of hydrogen-bond acceptors (Lipinski definition) is 2. The van der Waals surface area contributed by atoms with Crippen molar-refractivity contribution in [2.24, 2.45) is 0 Å². The van der Waals surface area contributed by atoms with Gasteiger partial charge in [0.05, 0.1) is 6.54 Å². The fourth-order valence-corrected chi connectivity index (χ4v) is 0.959. The van der Waals surface area contributed by atoms with Crippen LogP contribution in [0.4, 0.5) is 0 Å². The molecule has 0 bridgehead atoms. The molecular formula is C11H20N2O. The highest BCUT2D eigenvalue weighted by Crippen LogP contribution is 1.87. The summed E-state index contributed by atoms with van der Waals surface area (Å²) in [5, 5.41) is 5.99. The Morgan fingerprint density at radius 2 is 2.14 bits per heavy atom. The number of amides is 1. The number of carbonyl (C=O) groups is 1. The maximum atomic E-state index is 11.2. The maximum Gasteiger partial charge on any atom is 0.220 e. The molecule has 0 radical (unpaired) electrons. The van der Waals surface area contributed by atoms with Crippen LogP contribution >= 0.6 is 0 Å². The number of carbonyl (C=O) groups excluding carboxylic acids is 1. The molecule has 80 valence electrons. The highest BCUT2D eigenvalue weighted by Gasteiger charge is 1.99. The number of rotatable bonds is 6. The van der Waals surface area contributed by atoms with E-state index in [4.69, 9.17) is 0 Å². The SMILES string of the molecule is CC#CCNC(=O)CCCNC(C)C. The summed E-state index contributed by atoms with van der Waals surface area (Å²) in [5.41, 5.74) is 0. The van der Waals surface area contributed by atoms with Gasteiger partial charge in [-0.05, 0) is 19.9 Å². The Bertz CT molecular complexity index is 213. The lowest BCUT2D eigenvalue weighted by Gasteiger charge is -2.07. The summed E-state index contributed by atoms with van der Waals surface area (Å²) >= 11 is 0. The van der Waals surface area contributed by atoms with Gasteiger partial charge in [-0.1, -0.05) is 19.8 Å². The van der Waals surface area contributed by atoms with Gasteiger partial charge in [0.25, 0.3) is 0 Å². The molecule has 2 N–H and O–H groups in total. The summed E-state index contributed by atoms with van der Waals surface area (Å²) in [5.74, 6) is 5.60. The molecule has 3 nitrogen and oxygen atoms in total. The smallest absolute Gasteiger partial charge is 0.220 e. The molecule has 0 aromatic heterocycles. The first kappa shape index (κ1) is 13.0. The van der Waals surface area contributed by atoms with Crippen molar-refractivity contribution >= 4 is 5.91 Å². The van der Waals surface area contributed by atoms with E-state index in [0.717, 1.165) is 13.0 Å². The van der Waals surface area contributed by atoms with Gasteiger partial charge >= 0.3 is 0 Å². The minimum absolute atomic E-state index is 0.0818. The van der Waals surface area contributed by atoms with E-state index >= 15 is 0 Å². The molecule has 0 aromatic rings. The van der Waals surface area contributed by atoms with Crippen LogP contribution in [0.15, 0.2) is 0 Å². The second-order valence-electron chi connectivity index (χ2n) is 3.42. The standard InChI is InChI=1S/C11H20N2O/c1-4-5-8-13-11(14)7-6-9-12-10(2)3/h10,12H,6-9H2,1-3H3,(H,13,14). The molecule has 0 aromatic carbocycles. The molecule has 0 aliphatic heterocycles. The molecule has 0 saturated carbocycles. The second kappa shape index (κ2) is 8.58. The average molecular weight is 196 g/mol. The molecule has 0 spiro atoms. The molecule has 14 heavy (non-hydrogen) atoms. The minimum Gasteiger partial charge on any atom is -0.345 e. The lowest BCUT2D eigenvalue weighted by atomic mass is 10.2. The Kier molecular flexibility index (Phi) is 7.96. The van der Waals surface area contributed by atoms with Crippen molar-refractivity contribution in [1.82, 2.24) is 10.6 Å². The molecule has 0 atom stereocenters. The van der Waals surface area contributed by atoms with Gasteiger partial charge in [0.1, 0.15) is 0 Å². The summed E-state index contributed by atoms with van der Waals surface area (Å²) in [6, 6.07) is 0.490. The largest absolute Gasteiger partial charge is 0.345 e. The van der Waals surface area contributed by atoms with Gasteiger partial charge in [0.15, 0.2) is 0 Å². The Hall–Kier alpha value is -1.01. The number of nitrogens with one attached hydrogen (secondary N) is 2. The first-order chi connectivity index (χ1) is 6.66. The quantitative estimate of drug-likeness (QED) is 0.489. The van der Waals surface area contributed by atoms with Gasteiger partial charge in [0, 0.05) is 12.5 Å². The van der Waals surface area contributed by atoms with Crippen LogP contribution in [0.1, 0.15) is 33.6 Å². The zero-order chi connectivity index (χ0) is 10.8. The highest BCUT2D eigenvalue weighted by atomic mass is 16.1. The molecular weight excluding hydrogens is 176 g/mol. The topological polar surface area (TPSA) is 41.1 Å². The monoisotopic (exact) mass is 196 g/mol. The van der Waals surface area contributed by atoms with E-state index in [9.17, 15) is 4.79 Å². The summed E-state index contributed by atoms with van der Waals surface area (Å²) in [6.45, 7) is 7.31. The van der Waals surface area contributed by atoms with Crippen LogP contribution in [0.2, 0.25) is 0 Å². The van der Waals surface area contributed by atoms with Crippen molar-refractivity contribution in [3.8, 4) is 11.8 Å². The lowest BCUT2D eigenvalue weighted by Crippen LogP contribution is -2.27. The zero-order valence-corrected chi connectivity index (χ0v) is 9.31. The minimum atomic E-state index is 0.0818. The van der Waals surface area contributed by atoms with Crippen molar-refractivity contribution in [3.63, 3.8) is 0 Å². The second-order valence-corrected chi connectivity index (χ2v) is 3.42. The van der Waals surface area contributed by atoms with Gasteiger partial charge in [-0.15, -0.1) is 5.92 Å². The average Bonchev–Trinajstić information content (AvgIpc) is 2.13. The van der Waals surface area contributed by atoms with Crippen molar-refractivity contribution in [3.05, 3.63) is 0 Å². The third-order valence-electron chi connectivity index (χ3n) is 1.68. The van der Waals surface area contributed by atoms with Gasteiger partial charge in [-0.3, -0.25) is 4.79 Å². The third-order valence-corrected chi connectivity index (χ3v) is 1.68. The van der Waals surface area contributed by atoms with E-state index in [1.165, 1.54) is 0 Å². The van der Waals surface area contributed by atoms with Crippen molar-refractivity contribution in [2.75, 3.05) is 13.1 Å². The van der Waals surface area contributed by atoms with Crippen molar-refractivity contribution < 1.29 is 4.79 Å². The predicted octanol–water partition coefficient (Wildman–Crippen LogP) is 0.904. The molecule has 0 fully saturated rings. The Morgan fingerprint density at radius 1 is 1.43 bits per heavy atom. The van der Waals surface area contributed by atoms with E-state index in [2.05, 4.69) is 36.3 Å². The van der Waals surface area contributed by atoms with Crippen LogP contribution in [-0.2, 0) is 4.79 Å². The zero-order valence-electron chi connectivity index (χ0n) is 9.31. The van der Waals surface area contributed by atoms with Crippen LogP contribution in [-0.4, -0.2) is 25.0 Å². The maximum absolute atomic E-state index is 11.2. The van der Waals surface area contributed by atoms with Crippen LogP contribution in [0.3, 0.4) is 0 Å². The normalized spacial score (nSPS) is 9.43. The van der Waals surface area contributed by atoms with Gasteiger partial charge in [-0.25, -0.2) is 0 Å². The fourth-order valence-electron chi connectivity index (χ4n) is 0.959. The molecule has 0 saturated heterocycles. The highest BCUT2D eigenvalue weighted by molar-refractivity contribution is 5.76. The Labute approximate surface area is 86.6 Å². The van der Waals surface area contributed by atoms with E-state index in [0.29, 0.717) is 19.0 Å². The predicted molar refractivity (Wildman–Crippen MR) is 58.8 cm³/mol. The van der Waals surface area contributed by atoms with Crippen LogP contribution in [0.5, 0.6) is 0 Å². The molecule has 0 unspecified atom stereocenters. The van der Waals surface area contributed by atoms with Crippen LogP contribution in [0, 0.1) is 11.8 Å². The Morgan fingerprint density at radius 3 is 2.71 bits per heavy atom. The molecule has 1 amide bonds. The lowest BCUT2D eigenvalue weighted by molar-refractivity contribution is -0.120. The summed E-state index contributed by atoms with van der Waals surface area (Å²) < 4.78 is 0. The molecule has 0 heterocycles. The van der Waals surface area contributed by atoms with E-state index in [-0.39, 0.29) is 5.91 Å². The van der Waals surface area contributed by atoms with E-state index < -0.39 is 0 Å². The van der Waals surface area contributed by atoms with Crippen LogP contribution < -0.4 is 10.6 Å². The third kappa shape index (κ3) is 9.08. The van der Waals surface area contributed by atoms with Gasteiger partial charge in [0.2, 0.25) is 5.91 Å². The van der Waals surface area contributed by atoms with Crippen LogP contribution in [0.25, 0.3) is 0 Å². The molecule has 0 rings (SSSR count). The molecule has 3 heteroatoms. The number of hydrogen-bond donors (Lipinski definition) is 2. The summed E-state index contributed by atoms with van der Waals surface area (Å²) in [6.07, 6.45) is 1.45. The van der Waals surface area contributed by atoms with Crippen molar-refractivity contribution in [2.45, 2.75) is 39.7 Å². The first-order valence-electron chi connectivity index (χ1n) is 5.06. The van der Waals surface area contributed by atoms with E-state index in [1.54, 1.807) is 6.92 Å². The van der Waals surface area contributed by atoms with Gasteiger partial charge in [-0.2, -0.15) is 0 Å². The first-order valence-corrected chi connectivity index (χ1v) is 5.06. The van der Waals surface area contributed by atoms with E-state index in [1.807, 2.05) is 0 Å². The fraction of sp³-hybridized carbons (Fsp3) is 0.727.